The molecule has 2 nitrogen and oxygen atoms in total. The minimum atomic E-state index is -1.34. The van der Waals surface area contributed by atoms with Crippen molar-refractivity contribution in [3.05, 3.63) is 45.4 Å². The van der Waals surface area contributed by atoms with Gasteiger partial charge in [-0.25, -0.2) is 4.39 Å². The van der Waals surface area contributed by atoms with Gasteiger partial charge in [0.1, 0.15) is 5.82 Å². The number of nitrogens with two attached hydrogens (primary N) is 1. The molecule has 6 heteroatoms. The van der Waals surface area contributed by atoms with Crippen molar-refractivity contribution < 1.29 is 8.60 Å². The van der Waals surface area contributed by atoms with Gasteiger partial charge in [-0.15, -0.1) is 11.3 Å². The molecule has 17 heavy (non-hydrogen) atoms. The van der Waals surface area contributed by atoms with Gasteiger partial charge in [-0.2, -0.15) is 0 Å². The number of benzene rings is 1. The average Bonchev–Trinajstić information content (AvgIpc) is 2.63. The van der Waals surface area contributed by atoms with Crippen LogP contribution in [0.5, 0.6) is 0 Å². The van der Waals surface area contributed by atoms with E-state index in [0.717, 1.165) is 4.88 Å². The van der Waals surface area contributed by atoms with E-state index in [0.29, 0.717) is 9.92 Å². The molecule has 2 rings (SSSR count). The maximum absolute atomic E-state index is 13.1. The van der Waals surface area contributed by atoms with Crippen LogP contribution in [0.4, 0.5) is 10.1 Å². The fourth-order valence-electron chi connectivity index (χ4n) is 1.35. The highest BCUT2D eigenvalue weighted by molar-refractivity contribution is 7.84. The molecule has 0 aliphatic rings. The van der Waals surface area contributed by atoms with Gasteiger partial charge in [-0.3, -0.25) is 4.21 Å². The highest BCUT2D eigenvalue weighted by Gasteiger charge is 2.11. The van der Waals surface area contributed by atoms with Crippen molar-refractivity contribution in [3.8, 4) is 0 Å². The first-order chi connectivity index (χ1) is 8.06. The second-order valence-electron chi connectivity index (χ2n) is 3.40. The van der Waals surface area contributed by atoms with Crippen molar-refractivity contribution in [2.45, 2.75) is 10.6 Å². The van der Waals surface area contributed by atoms with E-state index in [1.54, 1.807) is 6.07 Å². The first-order valence-electron chi connectivity index (χ1n) is 4.72. The molecule has 0 aliphatic heterocycles. The Morgan fingerprint density at radius 2 is 2.18 bits per heavy atom. The third-order valence-corrected chi connectivity index (χ3v) is 4.99. The number of hydrogen-bond donors (Lipinski definition) is 1. The molecule has 0 aliphatic carbocycles. The standard InChI is InChI=1S/C11H9ClFNOS2/c12-10-1-2-16-11(10)6-17(15)9-4-7(13)3-8(14)5-9/h1-5H,6,14H2. The molecule has 0 saturated heterocycles. The van der Waals surface area contributed by atoms with Gasteiger partial charge in [0.05, 0.1) is 21.6 Å². The molecule has 90 valence electrons. The molecular weight excluding hydrogens is 281 g/mol. The summed E-state index contributed by atoms with van der Waals surface area (Å²) in [5.74, 6) is -0.204. The van der Waals surface area contributed by atoms with Crippen LogP contribution in [0, 0.1) is 5.82 Å². The molecule has 0 fully saturated rings. The predicted molar refractivity (Wildman–Crippen MR) is 70.3 cm³/mol. The first kappa shape index (κ1) is 12.5. The van der Waals surface area contributed by atoms with Crippen LogP contribution in [0.1, 0.15) is 4.88 Å². The lowest BCUT2D eigenvalue weighted by atomic mass is 10.3. The Hall–Kier alpha value is -0.910. The van der Waals surface area contributed by atoms with Crippen LogP contribution in [-0.4, -0.2) is 4.21 Å². The van der Waals surface area contributed by atoms with Crippen molar-refractivity contribution in [2.75, 3.05) is 5.73 Å². The fraction of sp³-hybridized carbons (Fsp3) is 0.0909. The molecular formula is C11H9ClFNOS2. The normalized spacial score (nSPS) is 12.6. The molecule has 1 heterocycles. The van der Waals surface area contributed by atoms with Crippen LogP contribution >= 0.6 is 22.9 Å². The SMILES string of the molecule is Nc1cc(F)cc(S(=O)Cc2sccc2Cl)c1. The predicted octanol–water partition coefficient (Wildman–Crippen LogP) is 3.43. The summed E-state index contributed by atoms with van der Waals surface area (Å²) in [5.41, 5.74) is 5.77. The molecule has 1 aromatic carbocycles. The topological polar surface area (TPSA) is 43.1 Å². The molecule has 0 saturated carbocycles. The van der Waals surface area contributed by atoms with Crippen LogP contribution < -0.4 is 5.73 Å². The van der Waals surface area contributed by atoms with Gasteiger partial charge in [0.15, 0.2) is 0 Å². The van der Waals surface area contributed by atoms with E-state index < -0.39 is 16.6 Å². The number of thiophene rings is 1. The zero-order valence-corrected chi connectivity index (χ0v) is 11.0. The van der Waals surface area contributed by atoms with E-state index in [4.69, 9.17) is 17.3 Å². The first-order valence-corrected chi connectivity index (χ1v) is 7.30. The molecule has 2 N–H and O–H groups in total. The maximum atomic E-state index is 13.1. The van der Waals surface area contributed by atoms with Gasteiger partial charge in [0, 0.05) is 15.5 Å². The minimum Gasteiger partial charge on any atom is -0.399 e. The van der Waals surface area contributed by atoms with Gasteiger partial charge in [-0.1, -0.05) is 11.6 Å². The van der Waals surface area contributed by atoms with Crippen LogP contribution in [0.2, 0.25) is 5.02 Å². The summed E-state index contributed by atoms with van der Waals surface area (Å²) >= 11 is 7.34. The third-order valence-electron chi connectivity index (χ3n) is 2.11. The molecule has 0 spiro atoms. The molecule has 2 aromatic rings. The van der Waals surface area contributed by atoms with Crippen molar-refractivity contribution in [2.24, 2.45) is 0 Å². The molecule has 1 atom stereocenters. The number of nitrogen functional groups attached to an aromatic ring is 1. The smallest absolute Gasteiger partial charge is 0.126 e. The lowest BCUT2D eigenvalue weighted by molar-refractivity contribution is 0.623. The van der Waals surface area contributed by atoms with Crippen LogP contribution in [0.25, 0.3) is 0 Å². The largest absolute Gasteiger partial charge is 0.399 e. The Morgan fingerprint density at radius 1 is 1.41 bits per heavy atom. The second-order valence-corrected chi connectivity index (χ2v) is 6.26. The molecule has 0 radical (unpaired) electrons. The number of halogens is 2. The zero-order chi connectivity index (χ0) is 12.4. The van der Waals surface area contributed by atoms with Gasteiger partial charge in [0.2, 0.25) is 0 Å². The van der Waals surface area contributed by atoms with Gasteiger partial charge >= 0.3 is 0 Å². The van der Waals surface area contributed by atoms with Gasteiger partial charge in [-0.05, 0) is 29.6 Å². The number of hydrogen-bond acceptors (Lipinski definition) is 3. The monoisotopic (exact) mass is 289 g/mol. The summed E-state index contributed by atoms with van der Waals surface area (Å²) in [5, 5.41) is 2.42. The number of anilines is 1. The lowest BCUT2D eigenvalue weighted by Crippen LogP contribution is -1.98. The van der Waals surface area contributed by atoms with E-state index in [2.05, 4.69) is 0 Å². The van der Waals surface area contributed by atoms with Crippen LogP contribution in [0.15, 0.2) is 34.5 Å². The van der Waals surface area contributed by atoms with E-state index >= 15 is 0 Å². The third kappa shape index (κ3) is 3.06. The van der Waals surface area contributed by atoms with Crippen LogP contribution in [-0.2, 0) is 16.6 Å². The van der Waals surface area contributed by atoms with E-state index in [9.17, 15) is 8.60 Å². The van der Waals surface area contributed by atoms with Crippen molar-refractivity contribution in [1.29, 1.82) is 0 Å². The fourth-order valence-corrected chi connectivity index (χ4v) is 3.98. The Balaban J connectivity index is 2.23. The molecule has 1 unspecified atom stereocenters. The van der Waals surface area contributed by atoms with E-state index in [1.165, 1.54) is 29.5 Å². The Kier molecular flexibility index (Phi) is 3.81. The summed E-state index contributed by atoms with van der Waals surface area (Å²) in [7, 11) is -1.34. The van der Waals surface area contributed by atoms with Gasteiger partial charge in [0.25, 0.3) is 0 Å². The summed E-state index contributed by atoms with van der Waals surface area (Å²) in [6.45, 7) is 0. The summed E-state index contributed by atoms with van der Waals surface area (Å²) < 4.78 is 25.1. The molecule has 1 aromatic heterocycles. The van der Waals surface area contributed by atoms with Crippen molar-refractivity contribution in [1.82, 2.24) is 0 Å². The van der Waals surface area contributed by atoms with Crippen LogP contribution in [0.3, 0.4) is 0 Å². The number of rotatable bonds is 3. The highest BCUT2D eigenvalue weighted by atomic mass is 35.5. The Bertz CT molecular complexity index is 550. The maximum Gasteiger partial charge on any atom is 0.126 e. The molecule has 0 amide bonds. The second kappa shape index (κ2) is 5.16. The highest BCUT2D eigenvalue weighted by Crippen LogP contribution is 2.26. The summed E-state index contributed by atoms with van der Waals surface area (Å²) in [6.07, 6.45) is 0. The van der Waals surface area contributed by atoms with Crippen molar-refractivity contribution in [3.63, 3.8) is 0 Å². The minimum absolute atomic E-state index is 0.269. The van der Waals surface area contributed by atoms with Gasteiger partial charge < -0.3 is 5.73 Å². The van der Waals surface area contributed by atoms with Crippen molar-refractivity contribution >= 4 is 39.4 Å². The molecule has 0 bridgehead atoms. The Morgan fingerprint density at radius 3 is 2.76 bits per heavy atom. The average molecular weight is 290 g/mol. The van der Waals surface area contributed by atoms with E-state index in [-0.39, 0.29) is 11.4 Å². The summed E-state index contributed by atoms with van der Waals surface area (Å²) in [6, 6.07) is 5.69. The quantitative estimate of drug-likeness (QED) is 0.880. The van der Waals surface area contributed by atoms with E-state index in [1.807, 2.05) is 5.38 Å². The Labute approximate surface area is 110 Å². The summed E-state index contributed by atoms with van der Waals surface area (Å²) in [4.78, 5) is 1.21. The lowest BCUT2D eigenvalue weighted by Gasteiger charge is -2.03. The zero-order valence-electron chi connectivity index (χ0n) is 8.65.